The van der Waals surface area contributed by atoms with Gasteiger partial charge >= 0.3 is 11.8 Å². The van der Waals surface area contributed by atoms with Gasteiger partial charge in [0.1, 0.15) is 6.61 Å². The SMILES string of the molecule is O=C(Nc1ccc(Cl)c(COc2cnccn2)c1)c1nnc(-c2ccccc2)o1. The molecular formula is C20H14ClN5O3. The monoisotopic (exact) mass is 407 g/mol. The Morgan fingerprint density at radius 3 is 2.76 bits per heavy atom. The summed E-state index contributed by atoms with van der Waals surface area (Å²) >= 11 is 6.22. The van der Waals surface area contributed by atoms with Crippen LogP contribution in [0.4, 0.5) is 5.69 Å². The third-order valence-electron chi connectivity index (χ3n) is 3.86. The summed E-state index contributed by atoms with van der Waals surface area (Å²) in [5.74, 6) is -0.0267. The Morgan fingerprint density at radius 2 is 1.97 bits per heavy atom. The van der Waals surface area contributed by atoms with Crippen LogP contribution in [0.1, 0.15) is 16.2 Å². The van der Waals surface area contributed by atoms with Crippen LogP contribution in [0.25, 0.3) is 11.5 Å². The number of halogens is 1. The number of amides is 1. The van der Waals surface area contributed by atoms with Crippen molar-refractivity contribution in [3.63, 3.8) is 0 Å². The maximum atomic E-state index is 12.4. The van der Waals surface area contributed by atoms with Crippen molar-refractivity contribution in [2.24, 2.45) is 0 Å². The van der Waals surface area contributed by atoms with E-state index in [1.165, 1.54) is 12.4 Å². The van der Waals surface area contributed by atoms with Crippen LogP contribution in [-0.4, -0.2) is 26.1 Å². The lowest BCUT2D eigenvalue weighted by molar-refractivity contribution is 0.0991. The van der Waals surface area contributed by atoms with E-state index >= 15 is 0 Å². The highest BCUT2D eigenvalue weighted by molar-refractivity contribution is 6.31. The number of carbonyl (C=O) groups is 1. The fourth-order valence-electron chi connectivity index (χ4n) is 2.47. The molecule has 0 radical (unpaired) electrons. The predicted octanol–water partition coefficient (Wildman–Crippen LogP) is 4.01. The standard InChI is InChI=1S/C20H14ClN5O3/c21-16-7-6-15(10-14(16)12-28-17-11-22-8-9-23-17)24-18(27)20-26-25-19(29-20)13-4-2-1-3-5-13/h1-11H,12H2,(H,24,27). The van der Waals surface area contributed by atoms with Gasteiger partial charge in [-0.1, -0.05) is 29.8 Å². The average molecular weight is 408 g/mol. The molecule has 2 heterocycles. The zero-order valence-corrected chi connectivity index (χ0v) is 15.7. The van der Waals surface area contributed by atoms with Crippen LogP contribution < -0.4 is 10.1 Å². The zero-order valence-electron chi connectivity index (χ0n) is 14.9. The molecule has 0 saturated heterocycles. The molecule has 1 amide bonds. The van der Waals surface area contributed by atoms with Crippen molar-refractivity contribution >= 4 is 23.2 Å². The van der Waals surface area contributed by atoms with Crippen molar-refractivity contribution in [1.82, 2.24) is 20.2 Å². The number of rotatable bonds is 6. The Hall–Kier alpha value is -3.78. The van der Waals surface area contributed by atoms with Crippen molar-refractivity contribution in [3.05, 3.63) is 83.6 Å². The number of hydrogen-bond donors (Lipinski definition) is 1. The van der Waals surface area contributed by atoms with Crippen molar-refractivity contribution in [2.45, 2.75) is 6.61 Å². The molecule has 1 N–H and O–H groups in total. The van der Waals surface area contributed by atoms with Crippen LogP contribution in [0.5, 0.6) is 5.88 Å². The van der Waals surface area contributed by atoms with Gasteiger partial charge in [-0.3, -0.25) is 9.78 Å². The van der Waals surface area contributed by atoms with Gasteiger partial charge in [-0.15, -0.1) is 10.2 Å². The molecule has 9 heteroatoms. The van der Waals surface area contributed by atoms with Gasteiger partial charge in [0, 0.05) is 34.2 Å². The molecule has 29 heavy (non-hydrogen) atoms. The van der Waals surface area contributed by atoms with Gasteiger partial charge in [0.25, 0.3) is 0 Å². The molecule has 0 atom stereocenters. The predicted molar refractivity (Wildman–Crippen MR) is 106 cm³/mol. The highest BCUT2D eigenvalue weighted by atomic mass is 35.5. The molecule has 2 aromatic carbocycles. The van der Waals surface area contributed by atoms with E-state index in [1.54, 1.807) is 24.4 Å². The topological polar surface area (TPSA) is 103 Å². The Kier molecular flexibility index (Phi) is 5.44. The van der Waals surface area contributed by atoms with Gasteiger partial charge in [-0.2, -0.15) is 0 Å². The molecule has 0 aliphatic carbocycles. The average Bonchev–Trinajstić information content (AvgIpc) is 3.26. The van der Waals surface area contributed by atoms with E-state index in [2.05, 4.69) is 25.5 Å². The summed E-state index contributed by atoms with van der Waals surface area (Å²) in [5.41, 5.74) is 1.91. The lowest BCUT2D eigenvalue weighted by Crippen LogP contribution is -2.12. The van der Waals surface area contributed by atoms with Crippen LogP contribution in [0, 0.1) is 0 Å². The summed E-state index contributed by atoms with van der Waals surface area (Å²) < 4.78 is 11.0. The van der Waals surface area contributed by atoms with Gasteiger partial charge in [-0.25, -0.2) is 4.98 Å². The van der Waals surface area contributed by atoms with Gasteiger partial charge < -0.3 is 14.5 Å². The smallest absolute Gasteiger partial charge is 0.313 e. The molecule has 0 aliphatic heterocycles. The van der Waals surface area contributed by atoms with Crippen LogP contribution >= 0.6 is 11.6 Å². The minimum atomic E-state index is -0.525. The summed E-state index contributed by atoms with van der Waals surface area (Å²) in [6.07, 6.45) is 4.58. The second-order valence-corrected chi connectivity index (χ2v) is 6.28. The van der Waals surface area contributed by atoms with E-state index in [1.807, 2.05) is 30.3 Å². The Labute approximate surface area is 170 Å². The second-order valence-electron chi connectivity index (χ2n) is 5.87. The molecule has 0 unspecified atom stereocenters. The molecule has 0 aliphatic rings. The minimum Gasteiger partial charge on any atom is -0.472 e. The van der Waals surface area contributed by atoms with Crippen LogP contribution in [0.3, 0.4) is 0 Å². The van der Waals surface area contributed by atoms with E-state index < -0.39 is 5.91 Å². The third kappa shape index (κ3) is 4.56. The third-order valence-corrected chi connectivity index (χ3v) is 4.23. The Bertz CT molecular complexity index is 1120. The fraction of sp³-hybridized carbons (Fsp3) is 0.0500. The number of benzene rings is 2. The molecule has 0 spiro atoms. The first-order valence-corrected chi connectivity index (χ1v) is 8.94. The van der Waals surface area contributed by atoms with Crippen molar-refractivity contribution in [3.8, 4) is 17.3 Å². The lowest BCUT2D eigenvalue weighted by Gasteiger charge is -2.09. The number of anilines is 1. The number of nitrogens with zero attached hydrogens (tertiary/aromatic N) is 4. The molecule has 2 aromatic heterocycles. The number of aromatic nitrogens is 4. The highest BCUT2D eigenvalue weighted by Gasteiger charge is 2.16. The number of nitrogens with one attached hydrogen (secondary N) is 1. The van der Waals surface area contributed by atoms with Gasteiger partial charge in [-0.05, 0) is 30.3 Å². The zero-order chi connectivity index (χ0) is 20.1. The molecule has 0 fully saturated rings. The fourth-order valence-corrected chi connectivity index (χ4v) is 2.64. The van der Waals surface area contributed by atoms with Crippen LogP contribution in [0.15, 0.2) is 71.5 Å². The summed E-state index contributed by atoms with van der Waals surface area (Å²) in [6.45, 7) is 0.167. The lowest BCUT2D eigenvalue weighted by atomic mass is 10.2. The maximum Gasteiger partial charge on any atom is 0.313 e. The summed E-state index contributed by atoms with van der Waals surface area (Å²) in [4.78, 5) is 20.4. The summed E-state index contributed by atoms with van der Waals surface area (Å²) in [7, 11) is 0. The van der Waals surface area contributed by atoms with Crippen LogP contribution in [0.2, 0.25) is 5.02 Å². The van der Waals surface area contributed by atoms with E-state index in [4.69, 9.17) is 20.8 Å². The Balaban J connectivity index is 1.45. The first kappa shape index (κ1) is 18.6. The molecule has 144 valence electrons. The minimum absolute atomic E-state index is 0.142. The van der Waals surface area contributed by atoms with Gasteiger partial charge in [0.05, 0.1) is 6.20 Å². The first-order chi connectivity index (χ1) is 14.2. The number of carbonyl (C=O) groups excluding carboxylic acids is 1. The Morgan fingerprint density at radius 1 is 1.10 bits per heavy atom. The van der Waals surface area contributed by atoms with Crippen molar-refractivity contribution in [2.75, 3.05) is 5.32 Å². The largest absolute Gasteiger partial charge is 0.472 e. The van der Waals surface area contributed by atoms with Gasteiger partial charge in [0.2, 0.25) is 11.8 Å². The highest BCUT2D eigenvalue weighted by Crippen LogP contribution is 2.23. The van der Waals surface area contributed by atoms with E-state index in [0.717, 1.165) is 5.56 Å². The molecule has 4 aromatic rings. The van der Waals surface area contributed by atoms with E-state index in [0.29, 0.717) is 22.2 Å². The van der Waals surface area contributed by atoms with Gasteiger partial charge in [0.15, 0.2) is 0 Å². The number of ether oxygens (including phenoxy) is 1. The second kappa shape index (κ2) is 8.49. The quantitative estimate of drug-likeness (QED) is 0.515. The van der Waals surface area contributed by atoms with E-state index in [-0.39, 0.29) is 18.4 Å². The first-order valence-electron chi connectivity index (χ1n) is 8.56. The molecular weight excluding hydrogens is 394 g/mol. The van der Waals surface area contributed by atoms with Crippen molar-refractivity contribution in [1.29, 1.82) is 0 Å². The van der Waals surface area contributed by atoms with Crippen molar-refractivity contribution < 1.29 is 13.9 Å². The molecule has 8 nitrogen and oxygen atoms in total. The number of hydrogen-bond acceptors (Lipinski definition) is 7. The normalized spacial score (nSPS) is 10.5. The molecule has 0 bridgehead atoms. The summed E-state index contributed by atoms with van der Waals surface area (Å²) in [5, 5.41) is 10.9. The molecule has 4 rings (SSSR count). The molecule has 0 saturated carbocycles. The van der Waals surface area contributed by atoms with E-state index in [9.17, 15) is 4.79 Å². The summed E-state index contributed by atoms with van der Waals surface area (Å²) in [6, 6.07) is 14.2. The van der Waals surface area contributed by atoms with Crippen LogP contribution in [-0.2, 0) is 6.61 Å². The maximum absolute atomic E-state index is 12.4.